The predicted molar refractivity (Wildman–Crippen MR) is 82.6 cm³/mol. The van der Waals surface area contributed by atoms with Crippen LogP contribution >= 0.6 is 11.6 Å². The highest BCUT2D eigenvalue weighted by Crippen LogP contribution is 2.29. The van der Waals surface area contributed by atoms with Gasteiger partial charge in [0.25, 0.3) is 0 Å². The molecule has 2 rings (SSSR count). The first kappa shape index (κ1) is 14.8. The van der Waals surface area contributed by atoms with E-state index in [0.717, 1.165) is 11.3 Å². The van der Waals surface area contributed by atoms with Gasteiger partial charge in [0.1, 0.15) is 5.82 Å². The van der Waals surface area contributed by atoms with Gasteiger partial charge in [-0.25, -0.2) is 4.39 Å². The maximum atomic E-state index is 13.9. The molecule has 0 aromatic heterocycles. The molecule has 20 heavy (non-hydrogen) atoms. The van der Waals surface area contributed by atoms with Gasteiger partial charge in [0.15, 0.2) is 0 Å². The summed E-state index contributed by atoms with van der Waals surface area (Å²) in [6.45, 7) is 2.38. The molecule has 0 saturated heterocycles. The second kappa shape index (κ2) is 6.25. The molecule has 4 heteroatoms. The first-order valence-electron chi connectivity index (χ1n) is 6.49. The highest BCUT2D eigenvalue weighted by atomic mass is 35.5. The number of nitrogens with two attached hydrogens (primary N) is 1. The van der Waals surface area contributed by atoms with Crippen LogP contribution in [0.5, 0.6) is 0 Å². The Kier molecular flexibility index (Phi) is 4.63. The second-order valence-electron chi connectivity index (χ2n) is 4.91. The van der Waals surface area contributed by atoms with E-state index in [4.69, 9.17) is 17.3 Å². The molecule has 0 aliphatic carbocycles. The van der Waals surface area contributed by atoms with Crippen molar-refractivity contribution in [1.29, 1.82) is 0 Å². The quantitative estimate of drug-likeness (QED) is 0.918. The SMILES string of the molecule is CC(N)c1c(F)cccc1N(C)Cc1ccccc1Cl. The Morgan fingerprint density at radius 3 is 2.55 bits per heavy atom. The zero-order valence-electron chi connectivity index (χ0n) is 11.6. The fraction of sp³-hybridized carbons (Fsp3) is 0.250. The van der Waals surface area contributed by atoms with Crippen LogP contribution in [-0.2, 0) is 6.54 Å². The van der Waals surface area contributed by atoms with Crippen molar-refractivity contribution in [3.63, 3.8) is 0 Å². The van der Waals surface area contributed by atoms with Gasteiger partial charge in [0, 0.05) is 35.9 Å². The first-order chi connectivity index (χ1) is 9.50. The summed E-state index contributed by atoms with van der Waals surface area (Å²) >= 11 is 6.16. The van der Waals surface area contributed by atoms with E-state index >= 15 is 0 Å². The maximum absolute atomic E-state index is 13.9. The van der Waals surface area contributed by atoms with Crippen LogP contribution in [-0.4, -0.2) is 7.05 Å². The molecular weight excluding hydrogens is 275 g/mol. The number of benzene rings is 2. The van der Waals surface area contributed by atoms with E-state index in [1.165, 1.54) is 6.07 Å². The van der Waals surface area contributed by atoms with Crippen molar-refractivity contribution in [2.24, 2.45) is 5.73 Å². The van der Waals surface area contributed by atoms with Crippen molar-refractivity contribution < 1.29 is 4.39 Å². The molecule has 106 valence electrons. The van der Waals surface area contributed by atoms with Gasteiger partial charge >= 0.3 is 0 Å². The predicted octanol–water partition coefficient (Wildman–Crippen LogP) is 4.14. The summed E-state index contributed by atoms with van der Waals surface area (Å²) in [6, 6.07) is 12.3. The summed E-state index contributed by atoms with van der Waals surface area (Å²) < 4.78 is 13.9. The summed E-state index contributed by atoms with van der Waals surface area (Å²) in [5, 5.41) is 0.707. The van der Waals surface area contributed by atoms with Gasteiger partial charge < -0.3 is 10.6 Å². The minimum atomic E-state index is -0.361. The van der Waals surface area contributed by atoms with Crippen LogP contribution in [0.1, 0.15) is 24.1 Å². The number of hydrogen-bond donors (Lipinski definition) is 1. The largest absolute Gasteiger partial charge is 0.370 e. The third-order valence-electron chi connectivity index (χ3n) is 3.26. The number of hydrogen-bond acceptors (Lipinski definition) is 2. The summed E-state index contributed by atoms with van der Waals surface area (Å²) in [7, 11) is 1.91. The molecule has 0 spiro atoms. The lowest BCUT2D eigenvalue weighted by molar-refractivity contribution is 0.592. The fourth-order valence-electron chi connectivity index (χ4n) is 2.28. The first-order valence-corrected chi connectivity index (χ1v) is 6.87. The Labute approximate surface area is 124 Å². The standard InChI is InChI=1S/C16H18ClFN2/c1-11(19)16-14(18)8-5-9-15(16)20(2)10-12-6-3-4-7-13(12)17/h3-9,11H,10,19H2,1-2H3. The van der Waals surface area contributed by atoms with Crippen LogP contribution in [0, 0.1) is 5.82 Å². The van der Waals surface area contributed by atoms with Crippen LogP contribution in [0.2, 0.25) is 5.02 Å². The van der Waals surface area contributed by atoms with Gasteiger partial charge in [-0.3, -0.25) is 0 Å². The molecule has 0 saturated carbocycles. The van der Waals surface area contributed by atoms with E-state index in [2.05, 4.69) is 0 Å². The van der Waals surface area contributed by atoms with Gasteiger partial charge in [-0.15, -0.1) is 0 Å². The van der Waals surface area contributed by atoms with E-state index in [9.17, 15) is 4.39 Å². The van der Waals surface area contributed by atoms with E-state index in [1.54, 1.807) is 13.0 Å². The number of halogens is 2. The van der Waals surface area contributed by atoms with Gasteiger partial charge in [-0.05, 0) is 30.7 Å². The monoisotopic (exact) mass is 292 g/mol. The average Bonchev–Trinajstić information content (AvgIpc) is 2.40. The Hall–Kier alpha value is -1.58. The number of anilines is 1. The van der Waals surface area contributed by atoms with Gasteiger partial charge in [0.2, 0.25) is 0 Å². The molecule has 1 atom stereocenters. The lowest BCUT2D eigenvalue weighted by Gasteiger charge is -2.24. The highest BCUT2D eigenvalue weighted by Gasteiger charge is 2.16. The topological polar surface area (TPSA) is 29.3 Å². The number of nitrogens with zero attached hydrogens (tertiary/aromatic N) is 1. The van der Waals surface area contributed by atoms with Gasteiger partial charge in [-0.2, -0.15) is 0 Å². The molecule has 2 aromatic carbocycles. The maximum Gasteiger partial charge on any atom is 0.130 e. The molecule has 2 N–H and O–H groups in total. The van der Waals surface area contributed by atoms with Gasteiger partial charge in [-0.1, -0.05) is 35.9 Å². The molecule has 0 bridgehead atoms. The molecule has 1 unspecified atom stereocenters. The van der Waals surface area contributed by atoms with E-state index in [0.29, 0.717) is 17.1 Å². The molecule has 0 amide bonds. The Morgan fingerprint density at radius 1 is 1.20 bits per heavy atom. The molecule has 0 aliphatic heterocycles. The molecule has 2 nitrogen and oxygen atoms in total. The van der Waals surface area contributed by atoms with Crippen LogP contribution in [0.15, 0.2) is 42.5 Å². The Morgan fingerprint density at radius 2 is 1.90 bits per heavy atom. The summed E-state index contributed by atoms with van der Waals surface area (Å²) in [5.41, 5.74) is 8.20. The van der Waals surface area contributed by atoms with Crippen LogP contribution < -0.4 is 10.6 Å². The Balaban J connectivity index is 2.33. The third kappa shape index (κ3) is 3.11. The minimum absolute atomic E-state index is 0.275. The van der Waals surface area contributed by atoms with E-state index in [-0.39, 0.29) is 11.9 Å². The van der Waals surface area contributed by atoms with Crippen LogP contribution in [0.4, 0.5) is 10.1 Å². The van der Waals surface area contributed by atoms with Crippen molar-refractivity contribution in [2.75, 3.05) is 11.9 Å². The lowest BCUT2D eigenvalue weighted by atomic mass is 10.0. The van der Waals surface area contributed by atoms with Crippen molar-refractivity contribution in [1.82, 2.24) is 0 Å². The summed E-state index contributed by atoms with van der Waals surface area (Å²) in [4.78, 5) is 1.96. The Bertz CT molecular complexity index is 599. The van der Waals surface area contributed by atoms with E-state index in [1.807, 2.05) is 42.3 Å². The van der Waals surface area contributed by atoms with Gasteiger partial charge in [0.05, 0.1) is 0 Å². The second-order valence-corrected chi connectivity index (χ2v) is 5.32. The molecule has 0 aliphatic rings. The van der Waals surface area contributed by atoms with Crippen molar-refractivity contribution in [3.05, 3.63) is 64.4 Å². The average molecular weight is 293 g/mol. The normalized spacial score (nSPS) is 12.2. The van der Waals surface area contributed by atoms with Crippen molar-refractivity contribution in [3.8, 4) is 0 Å². The molecular formula is C16H18ClFN2. The molecule has 0 fully saturated rings. The van der Waals surface area contributed by atoms with Crippen molar-refractivity contribution >= 4 is 17.3 Å². The smallest absolute Gasteiger partial charge is 0.130 e. The number of rotatable bonds is 4. The molecule has 2 aromatic rings. The zero-order valence-corrected chi connectivity index (χ0v) is 12.4. The third-order valence-corrected chi connectivity index (χ3v) is 3.63. The highest BCUT2D eigenvalue weighted by molar-refractivity contribution is 6.31. The van der Waals surface area contributed by atoms with E-state index < -0.39 is 0 Å². The summed E-state index contributed by atoms with van der Waals surface area (Å²) in [6.07, 6.45) is 0. The summed E-state index contributed by atoms with van der Waals surface area (Å²) in [5.74, 6) is -0.275. The fourth-order valence-corrected chi connectivity index (χ4v) is 2.47. The molecule has 0 heterocycles. The van der Waals surface area contributed by atoms with Crippen LogP contribution in [0.25, 0.3) is 0 Å². The molecule has 0 radical (unpaired) electrons. The lowest BCUT2D eigenvalue weighted by Crippen LogP contribution is -2.21. The van der Waals surface area contributed by atoms with Crippen molar-refractivity contribution in [2.45, 2.75) is 19.5 Å². The minimum Gasteiger partial charge on any atom is -0.370 e. The van der Waals surface area contributed by atoms with Crippen LogP contribution in [0.3, 0.4) is 0 Å². The zero-order chi connectivity index (χ0) is 14.7.